The highest BCUT2D eigenvalue weighted by molar-refractivity contribution is 7.10. The van der Waals surface area contributed by atoms with Crippen molar-refractivity contribution in [2.24, 2.45) is 5.92 Å². The first-order chi connectivity index (χ1) is 7.93. The average Bonchev–Trinajstić information content (AvgIpc) is 2.80. The Balaban J connectivity index is 1.67. The summed E-state index contributed by atoms with van der Waals surface area (Å²) in [6, 6.07) is 3.00. The van der Waals surface area contributed by atoms with Crippen molar-refractivity contribution in [2.75, 3.05) is 6.54 Å². The van der Waals surface area contributed by atoms with Gasteiger partial charge >= 0.3 is 0 Å². The molecule has 2 heterocycles. The Morgan fingerprint density at radius 2 is 2.12 bits per heavy atom. The zero-order chi connectivity index (χ0) is 10.8. The second kappa shape index (κ2) is 4.89. The van der Waals surface area contributed by atoms with Crippen LogP contribution in [-0.2, 0) is 6.42 Å². The molecule has 1 N–H and O–H groups in total. The molecule has 0 radical (unpaired) electrons. The highest BCUT2D eigenvalue weighted by Gasteiger charge is 2.24. The molecule has 1 aromatic rings. The minimum absolute atomic E-state index is 0.673. The Labute approximate surface area is 102 Å². The van der Waals surface area contributed by atoms with Gasteiger partial charge in [-0.25, -0.2) is 0 Å². The standard InChI is InChI=1S/C14H21NS/c1-2-4-11(5-3-1)10-13-14-12(6-8-15-13)7-9-16-14/h7,9,11,13,15H,1-6,8,10H2. The van der Waals surface area contributed by atoms with Gasteiger partial charge in [-0.1, -0.05) is 32.1 Å². The number of thiophene rings is 1. The van der Waals surface area contributed by atoms with Crippen LogP contribution in [0.1, 0.15) is 55.0 Å². The molecule has 0 saturated heterocycles. The van der Waals surface area contributed by atoms with E-state index in [0.29, 0.717) is 6.04 Å². The zero-order valence-corrected chi connectivity index (χ0v) is 10.7. The van der Waals surface area contributed by atoms with Gasteiger partial charge in [0.2, 0.25) is 0 Å². The van der Waals surface area contributed by atoms with Crippen molar-refractivity contribution in [2.45, 2.75) is 51.0 Å². The lowest BCUT2D eigenvalue weighted by Gasteiger charge is -2.29. The molecule has 2 aliphatic rings. The largest absolute Gasteiger partial charge is 0.309 e. The van der Waals surface area contributed by atoms with E-state index in [2.05, 4.69) is 16.8 Å². The number of rotatable bonds is 2. The van der Waals surface area contributed by atoms with E-state index < -0.39 is 0 Å². The van der Waals surface area contributed by atoms with Crippen molar-refractivity contribution in [1.29, 1.82) is 0 Å². The quantitative estimate of drug-likeness (QED) is 0.819. The van der Waals surface area contributed by atoms with Gasteiger partial charge in [0.1, 0.15) is 0 Å². The summed E-state index contributed by atoms with van der Waals surface area (Å²) in [6.45, 7) is 1.18. The SMILES string of the molecule is c1cc2c(s1)C(CC1CCCCC1)NCC2. The fourth-order valence-corrected chi connectivity index (χ4v) is 4.32. The van der Waals surface area contributed by atoms with Gasteiger partial charge in [-0.3, -0.25) is 0 Å². The van der Waals surface area contributed by atoms with Crippen molar-refractivity contribution in [3.63, 3.8) is 0 Å². The molecule has 1 saturated carbocycles. The molecular weight excluding hydrogens is 214 g/mol. The molecule has 0 aromatic carbocycles. The van der Waals surface area contributed by atoms with Crippen LogP contribution in [0.3, 0.4) is 0 Å². The monoisotopic (exact) mass is 235 g/mol. The van der Waals surface area contributed by atoms with Crippen molar-refractivity contribution in [3.05, 3.63) is 21.9 Å². The van der Waals surface area contributed by atoms with Crippen LogP contribution in [0.5, 0.6) is 0 Å². The van der Waals surface area contributed by atoms with Crippen molar-refractivity contribution in [3.8, 4) is 0 Å². The van der Waals surface area contributed by atoms with Gasteiger partial charge in [0.25, 0.3) is 0 Å². The van der Waals surface area contributed by atoms with E-state index in [9.17, 15) is 0 Å². The third-order valence-corrected chi connectivity index (χ3v) is 5.25. The van der Waals surface area contributed by atoms with E-state index in [1.807, 2.05) is 11.3 Å². The van der Waals surface area contributed by atoms with Gasteiger partial charge in [0, 0.05) is 10.9 Å². The van der Waals surface area contributed by atoms with Crippen molar-refractivity contribution >= 4 is 11.3 Å². The highest BCUT2D eigenvalue weighted by atomic mass is 32.1. The van der Waals surface area contributed by atoms with Gasteiger partial charge in [-0.2, -0.15) is 0 Å². The van der Waals surface area contributed by atoms with E-state index in [4.69, 9.17) is 0 Å². The topological polar surface area (TPSA) is 12.0 Å². The van der Waals surface area contributed by atoms with Crippen LogP contribution in [0.25, 0.3) is 0 Å². The smallest absolute Gasteiger partial charge is 0.0420 e. The van der Waals surface area contributed by atoms with Crippen LogP contribution in [-0.4, -0.2) is 6.54 Å². The summed E-state index contributed by atoms with van der Waals surface area (Å²) in [6.07, 6.45) is 9.97. The van der Waals surface area contributed by atoms with Gasteiger partial charge < -0.3 is 5.32 Å². The first-order valence-corrected chi connectivity index (χ1v) is 7.61. The van der Waals surface area contributed by atoms with Crippen LogP contribution in [0.4, 0.5) is 0 Å². The number of nitrogens with one attached hydrogen (secondary N) is 1. The summed E-state index contributed by atoms with van der Waals surface area (Å²) in [7, 11) is 0. The molecule has 1 unspecified atom stereocenters. The predicted molar refractivity (Wildman–Crippen MR) is 70.0 cm³/mol. The Morgan fingerprint density at radius 1 is 1.25 bits per heavy atom. The molecule has 16 heavy (non-hydrogen) atoms. The van der Waals surface area contributed by atoms with E-state index >= 15 is 0 Å². The summed E-state index contributed by atoms with van der Waals surface area (Å²) in [5.74, 6) is 0.985. The van der Waals surface area contributed by atoms with Gasteiger partial charge in [-0.15, -0.1) is 11.3 Å². The molecule has 1 aromatic heterocycles. The van der Waals surface area contributed by atoms with Crippen LogP contribution in [0.15, 0.2) is 11.4 Å². The summed E-state index contributed by atoms with van der Waals surface area (Å²) in [4.78, 5) is 1.64. The molecule has 0 amide bonds. The Morgan fingerprint density at radius 3 is 3.00 bits per heavy atom. The third kappa shape index (κ3) is 2.18. The van der Waals surface area contributed by atoms with E-state index in [0.717, 1.165) is 5.92 Å². The summed E-state index contributed by atoms with van der Waals surface area (Å²) >= 11 is 1.96. The maximum atomic E-state index is 3.72. The number of hydrogen-bond donors (Lipinski definition) is 1. The predicted octanol–water partition coefficient (Wildman–Crippen LogP) is 3.91. The van der Waals surface area contributed by atoms with Crippen molar-refractivity contribution in [1.82, 2.24) is 5.32 Å². The third-order valence-electron chi connectivity index (χ3n) is 4.18. The van der Waals surface area contributed by atoms with Crippen LogP contribution >= 0.6 is 11.3 Å². The summed E-state index contributed by atoms with van der Waals surface area (Å²) in [5.41, 5.74) is 1.62. The Bertz CT molecular complexity index is 338. The summed E-state index contributed by atoms with van der Waals surface area (Å²) < 4.78 is 0. The number of hydrogen-bond acceptors (Lipinski definition) is 2. The van der Waals surface area contributed by atoms with Crippen LogP contribution in [0.2, 0.25) is 0 Å². The van der Waals surface area contributed by atoms with E-state index in [1.165, 1.54) is 51.5 Å². The molecule has 1 nitrogen and oxygen atoms in total. The van der Waals surface area contributed by atoms with Crippen LogP contribution < -0.4 is 5.32 Å². The molecule has 0 spiro atoms. The lowest BCUT2D eigenvalue weighted by atomic mass is 9.83. The lowest BCUT2D eigenvalue weighted by Crippen LogP contribution is -2.30. The minimum atomic E-state index is 0.673. The molecular formula is C14H21NS. The fourth-order valence-electron chi connectivity index (χ4n) is 3.28. The first kappa shape index (κ1) is 10.8. The molecule has 1 atom stereocenters. The molecule has 3 rings (SSSR count). The van der Waals surface area contributed by atoms with Gasteiger partial charge in [0.05, 0.1) is 0 Å². The minimum Gasteiger partial charge on any atom is -0.309 e. The van der Waals surface area contributed by atoms with Crippen LogP contribution in [0, 0.1) is 5.92 Å². The maximum Gasteiger partial charge on any atom is 0.0420 e. The highest BCUT2D eigenvalue weighted by Crippen LogP contribution is 2.36. The molecule has 88 valence electrons. The maximum absolute atomic E-state index is 3.72. The Kier molecular flexibility index (Phi) is 3.30. The second-order valence-electron chi connectivity index (χ2n) is 5.31. The molecule has 0 bridgehead atoms. The molecule has 1 aliphatic carbocycles. The zero-order valence-electron chi connectivity index (χ0n) is 9.87. The molecule has 1 fully saturated rings. The lowest BCUT2D eigenvalue weighted by molar-refractivity contribution is 0.297. The normalized spacial score (nSPS) is 26.6. The fraction of sp³-hybridized carbons (Fsp3) is 0.714. The van der Waals surface area contributed by atoms with E-state index in [1.54, 1.807) is 10.4 Å². The first-order valence-electron chi connectivity index (χ1n) is 6.73. The Hall–Kier alpha value is -0.340. The number of fused-ring (bicyclic) bond motifs is 1. The van der Waals surface area contributed by atoms with Crippen molar-refractivity contribution < 1.29 is 0 Å². The summed E-state index contributed by atoms with van der Waals surface area (Å²) in [5, 5.41) is 5.99. The van der Waals surface area contributed by atoms with Gasteiger partial charge in [-0.05, 0) is 42.3 Å². The van der Waals surface area contributed by atoms with Gasteiger partial charge in [0.15, 0.2) is 0 Å². The molecule has 1 aliphatic heterocycles. The van der Waals surface area contributed by atoms with E-state index in [-0.39, 0.29) is 0 Å². The second-order valence-corrected chi connectivity index (χ2v) is 6.25. The average molecular weight is 235 g/mol. The molecule has 2 heteroatoms.